The van der Waals surface area contributed by atoms with Crippen molar-refractivity contribution < 1.29 is 4.74 Å². The molecular weight excluding hydrogens is 198 g/mol. The van der Waals surface area contributed by atoms with Crippen LogP contribution in [0.1, 0.15) is 38.8 Å². The first-order chi connectivity index (χ1) is 7.65. The highest BCUT2D eigenvalue weighted by Gasteiger charge is 2.09. The van der Waals surface area contributed by atoms with E-state index in [0.717, 1.165) is 18.2 Å². The Labute approximate surface area is 99.0 Å². The van der Waals surface area contributed by atoms with Gasteiger partial charge in [0.15, 0.2) is 0 Å². The molecule has 0 saturated heterocycles. The summed E-state index contributed by atoms with van der Waals surface area (Å²) >= 11 is 0. The van der Waals surface area contributed by atoms with Gasteiger partial charge in [0.25, 0.3) is 0 Å². The summed E-state index contributed by atoms with van der Waals surface area (Å²) in [6.45, 7) is 7.72. The zero-order valence-electron chi connectivity index (χ0n) is 10.8. The second-order valence-corrected chi connectivity index (χ2v) is 4.60. The van der Waals surface area contributed by atoms with Gasteiger partial charge in [-0.3, -0.25) is 0 Å². The second kappa shape index (κ2) is 6.54. The summed E-state index contributed by atoms with van der Waals surface area (Å²) in [4.78, 5) is 0. The number of methoxy groups -OCH3 is 1. The maximum atomic E-state index is 5.35. The molecule has 16 heavy (non-hydrogen) atoms. The van der Waals surface area contributed by atoms with Crippen molar-refractivity contribution in [2.45, 2.75) is 33.2 Å². The van der Waals surface area contributed by atoms with Crippen molar-refractivity contribution in [1.82, 2.24) is 5.32 Å². The van der Waals surface area contributed by atoms with Gasteiger partial charge in [-0.05, 0) is 31.9 Å². The minimum atomic E-state index is 0.342. The third-order valence-electron chi connectivity index (χ3n) is 2.78. The molecule has 1 aromatic rings. The summed E-state index contributed by atoms with van der Waals surface area (Å²) < 4.78 is 5.35. The molecule has 90 valence electrons. The topological polar surface area (TPSA) is 21.3 Å². The minimum absolute atomic E-state index is 0.342. The first kappa shape index (κ1) is 13.0. The number of para-hydroxylation sites is 1. The Kier molecular flexibility index (Phi) is 5.33. The molecule has 1 atom stereocenters. The average Bonchev–Trinajstić information content (AvgIpc) is 2.28. The molecule has 1 N–H and O–H groups in total. The van der Waals surface area contributed by atoms with E-state index < -0.39 is 0 Å². The van der Waals surface area contributed by atoms with Crippen LogP contribution in [0, 0.1) is 5.92 Å². The van der Waals surface area contributed by atoms with Gasteiger partial charge in [0.2, 0.25) is 0 Å². The molecule has 0 bridgehead atoms. The molecule has 1 rings (SSSR count). The van der Waals surface area contributed by atoms with E-state index in [1.807, 2.05) is 12.1 Å². The SMILES string of the molecule is COc1ccccc1[C@H](C)NCCC(C)C. The summed E-state index contributed by atoms with van der Waals surface area (Å²) in [6.07, 6.45) is 1.21. The first-order valence-electron chi connectivity index (χ1n) is 6.01. The predicted molar refractivity (Wildman–Crippen MR) is 68.9 cm³/mol. The lowest BCUT2D eigenvalue weighted by Crippen LogP contribution is -2.21. The molecular formula is C14H23NO. The number of hydrogen-bond donors (Lipinski definition) is 1. The molecule has 0 saturated carbocycles. The van der Waals surface area contributed by atoms with Gasteiger partial charge in [-0.25, -0.2) is 0 Å². The van der Waals surface area contributed by atoms with Crippen molar-refractivity contribution in [3.05, 3.63) is 29.8 Å². The molecule has 0 aliphatic rings. The minimum Gasteiger partial charge on any atom is -0.496 e. The van der Waals surface area contributed by atoms with Gasteiger partial charge in [-0.2, -0.15) is 0 Å². The van der Waals surface area contributed by atoms with Gasteiger partial charge in [0, 0.05) is 11.6 Å². The van der Waals surface area contributed by atoms with Crippen LogP contribution in [0.5, 0.6) is 5.75 Å². The van der Waals surface area contributed by atoms with Gasteiger partial charge >= 0.3 is 0 Å². The number of benzene rings is 1. The predicted octanol–water partition coefficient (Wildman–Crippen LogP) is 3.39. The van der Waals surface area contributed by atoms with Gasteiger partial charge in [0.1, 0.15) is 5.75 Å². The third-order valence-corrected chi connectivity index (χ3v) is 2.78. The summed E-state index contributed by atoms with van der Waals surface area (Å²) in [6, 6.07) is 8.53. The Hall–Kier alpha value is -1.02. The fraction of sp³-hybridized carbons (Fsp3) is 0.571. The van der Waals surface area contributed by atoms with Crippen molar-refractivity contribution in [3.8, 4) is 5.75 Å². The fourth-order valence-corrected chi connectivity index (χ4v) is 1.72. The quantitative estimate of drug-likeness (QED) is 0.795. The molecule has 2 heteroatoms. The zero-order chi connectivity index (χ0) is 12.0. The first-order valence-corrected chi connectivity index (χ1v) is 6.01. The Morgan fingerprint density at radius 1 is 1.19 bits per heavy atom. The summed E-state index contributed by atoms with van der Waals surface area (Å²) in [5.41, 5.74) is 1.23. The molecule has 0 amide bonds. The van der Waals surface area contributed by atoms with Crippen LogP contribution < -0.4 is 10.1 Å². The van der Waals surface area contributed by atoms with Crippen molar-refractivity contribution in [1.29, 1.82) is 0 Å². The lowest BCUT2D eigenvalue weighted by atomic mass is 10.1. The monoisotopic (exact) mass is 221 g/mol. The average molecular weight is 221 g/mol. The number of nitrogens with one attached hydrogen (secondary N) is 1. The van der Waals surface area contributed by atoms with E-state index in [-0.39, 0.29) is 0 Å². The van der Waals surface area contributed by atoms with Crippen molar-refractivity contribution in [2.75, 3.05) is 13.7 Å². The molecule has 0 unspecified atom stereocenters. The molecule has 0 fully saturated rings. The van der Waals surface area contributed by atoms with E-state index in [1.165, 1.54) is 12.0 Å². The smallest absolute Gasteiger partial charge is 0.123 e. The Morgan fingerprint density at radius 2 is 1.88 bits per heavy atom. The van der Waals surface area contributed by atoms with Crippen molar-refractivity contribution in [2.24, 2.45) is 5.92 Å². The standard InChI is InChI=1S/C14H23NO/c1-11(2)9-10-15-12(3)13-7-5-6-8-14(13)16-4/h5-8,11-12,15H,9-10H2,1-4H3/t12-/m0/s1. The van der Waals surface area contributed by atoms with Crippen LogP contribution in [0.4, 0.5) is 0 Å². The number of rotatable bonds is 6. The molecule has 0 radical (unpaired) electrons. The summed E-state index contributed by atoms with van der Waals surface area (Å²) in [7, 11) is 1.72. The van der Waals surface area contributed by atoms with Gasteiger partial charge in [-0.1, -0.05) is 32.0 Å². The highest BCUT2D eigenvalue weighted by Crippen LogP contribution is 2.24. The molecule has 0 heterocycles. The third kappa shape index (κ3) is 3.86. The molecule has 0 aliphatic carbocycles. The van der Waals surface area contributed by atoms with Crippen LogP contribution in [0.25, 0.3) is 0 Å². The molecule has 0 aromatic heterocycles. The van der Waals surface area contributed by atoms with E-state index in [2.05, 4.69) is 38.2 Å². The van der Waals surface area contributed by atoms with Crippen LogP contribution in [0.15, 0.2) is 24.3 Å². The molecule has 1 aromatic carbocycles. The highest BCUT2D eigenvalue weighted by atomic mass is 16.5. The Bertz CT molecular complexity index is 309. The largest absolute Gasteiger partial charge is 0.496 e. The van der Waals surface area contributed by atoms with Crippen LogP contribution >= 0.6 is 0 Å². The summed E-state index contributed by atoms with van der Waals surface area (Å²) in [5, 5.41) is 3.52. The zero-order valence-corrected chi connectivity index (χ0v) is 10.8. The molecule has 0 aliphatic heterocycles. The number of ether oxygens (including phenoxy) is 1. The van der Waals surface area contributed by atoms with Crippen LogP contribution in [0.2, 0.25) is 0 Å². The lowest BCUT2D eigenvalue weighted by Gasteiger charge is -2.17. The molecule has 2 nitrogen and oxygen atoms in total. The van der Waals surface area contributed by atoms with Crippen molar-refractivity contribution >= 4 is 0 Å². The second-order valence-electron chi connectivity index (χ2n) is 4.60. The normalized spacial score (nSPS) is 12.8. The van der Waals surface area contributed by atoms with Gasteiger partial charge in [-0.15, -0.1) is 0 Å². The number of hydrogen-bond acceptors (Lipinski definition) is 2. The van der Waals surface area contributed by atoms with E-state index >= 15 is 0 Å². The maximum Gasteiger partial charge on any atom is 0.123 e. The molecule has 0 spiro atoms. The van der Waals surface area contributed by atoms with E-state index in [1.54, 1.807) is 7.11 Å². The maximum absolute atomic E-state index is 5.35. The van der Waals surface area contributed by atoms with Crippen LogP contribution in [0.3, 0.4) is 0 Å². The summed E-state index contributed by atoms with van der Waals surface area (Å²) in [5.74, 6) is 1.71. The van der Waals surface area contributed by atoms with Crippen LogP contribution in [-0.2, 0) is 0 Å². The van der Waals surface area contributed by atoms with E-state index in [0.29, 0.717) is 6.04 Å². The van der Waals surface area contributed by atoms with Crippen LogP contribution in [-0.4, -0.2) is 13.7 Å². The van der Waals surface area contributed by atoms with E-state index in [4.69, 9.17) is 4.74 Å². The Balaban J connectivity index is 2.55. The lowest BCUT2D eigenvalue weighted by molar-refractivity contribution is 0.400. The van der Waals surface area contributed by atoms with Gasteiger partial charge in [0.05, 0.1) is 7.11 Å². The highest BCUT2D eigenvalue weighted by molar-refractivity contribution is 5.35. The Morgan fingerprint density at radius 3 is 2.50 bits per heavy atom. The van der Waals surface area contributed by atoms with E-state index in [9.17, 15) is 0 Å². The van der Waals surface area contributed by atoms with Crippen molar-refractivity contribution in [3.63, 3.8) is 0 Å². The fourth-order valence-electron chi connectivity index (χ4n) is 1.72. The van der Waals surface area contributed by atoms with Gasteiger partial charge < -0.3 is 10.1 Å².